The number of anilines is 2. The Morgan fingerprint density at radius 3 is 2.25 bits per heavy atom. The van der Waals surface area contributed by atoms with Crippen LogP contribution in [0.3, 0.4) is 0 Å². The first-order chi connectivity index (χ1) is 13.4. The summed E-state index contributed by atoms with van der Waals surface area (Å²) in [5, 5.41) is 5.72. The number of para-hydroxylation sites is 2. The largest absolute Gasteiger partial charge is 0.456 e. The van der Waals surface area contributed by atoms with Crippen molar-refractivity contribution in [2.24, 2.45) is 0 Å². The zero-order valence-electron chi connectivity index (χ0n) is 14.9. The van der Waals surface area contributed by atoms with Crippen LogP contribution in [0.15, 0.2) is 66.7 Å². The number of rotatable bonds is 6. The lowest BCUT2D eigenvalue weighted by Gasteiger charge is -2.16. The number of hydrogen-bond acceptors (Lipinski definition) is 3. The highest BCUT2D eigenvalue weighted by Gasteiger charge is 2.17. The van der Waals surface area contributed by atoms with Gasteiger partial charge in [0, 0.05) is 5.69 Å². The molecular formula is C21H17ClF2N2O2. The Kier molecular flexibility index (Phi) is 6.11. The molecule has 1 amide bonds. The van der Waals surface area contributed by atoms with Crippen molar-refractivity contribution in [3.05, 3.63) is 83.4 Å². The first kappa shape index (κ1) is 19.6. The standard InChI is InChI=1S/C21H17ClF2N2O2/c1-13(21(27)26-20-17(23)6-4-7-18(20)24)25-14-9-11-15(12-10-14)28-19-8-3-2-5-16(19)22/h2-13,25H,1H3,(H,26,27)/t13-/m1/s1. The maximum atomic E-state index is 13.7. The molecule has 0 saturated carbocycles. The van der Waals surface area contributed by atoms with Crippen LogP contribution in [-0.2, 0) is 4.79 Å². The minimum absolute atomic E-state index is 0.468. The molecule has 0 aliphatic rings. The van der Waals surface area contributed by atoms with Crippen molar-refractivity contribution in [1.29, 1.82) is 0 Å². The molecule has 0 unspecified atom stereocenters. The molecule has 0 saturated heterocycles. The summed E-state index contributed by atoms with van der Waals surface area (Å²) in [6.07, 6.45) is 0. The summed E-state index contributed by atoms with van der Waals surface area (Å²) in [6.45, 7) is 1.59. The van der Waals surface area contributed by atoms with Gasteiger partial charge in [-0.25, -0.2) is 8.78 Å². The highest BCUT2D eigenvalue weighted by atomic mass is 35.5. The summed E-state index contributed by atoms with van der Waals surface area (Å²) in [5.74, 6) is -1.13. The molecule has 4 nitrogen and oxygen atoms in total. The molecule has 0 radical (unpaired) electrons. The summed E-state index contributed by atoms with van der Waals surface area (Å²) in [5.41, 5.74) is 0.174. The maximum Gasteiger partial charge on any atom is 0.246 e. The van der Waals surface area contributed by atoms with Gasteiger partial charge in [0.05, 0.1) is 5.02 Å². The van der Waals surface area contributed by atoms with Crippen molar-refractivity contribution in [1.82, 2.24) is 0 Å². The molecule has 1 atom stereocenters. The highest BCUT2D eigenvalue weighted by molar-refractivity contribution is 6.32. The molecule has 28 heavy (non-hydrogen) atoms. The Morgan fingerprint density at radius 1 is 0.964 bits per heavy atom. The minimum atomic E-state index is -0.832. The van der Waals surface area contributed by atoms with Gasteiger partial charge in [-0.2, -0.15) is 0 Å². The van der Waals surface area contributed by atoms with Gasteiger partial charge in [-0.15, -0.1) is 0 Å². The van der Waals surface area contributed by atoms with Crippen LogP contribution in [0.1, 0.15) is 6.92 Å². The summed E-state index contributed by atoms with van der Waals surface area (Å²) in [7, 11) is 0. The molecule has 0 aliphatic carbocycles. The van der Waals surface area contributed by atoms with Crippen molar-refractivity contribution in [3.8, 4) is 11.5 Å². The molecule has 0 heterocycles. The molecule has 0 aromatic heterocycles. The van der Waals surface area contributed by atoms with Crippen LogP contribution < -0.4 is 15.4 Å². The minimum Gasteiger partial charge on any atom is -0.456 e. The SMILES string of the molecule is C[C@@H](Nc1ccc(Oc2ccccc2Cl)cc1)C(=O)Nc1c(F)cccc1F. The summed E-state index contributed by atoms with van der Waals surface area (Å²) >= 11 is 6.06. The van der Waals surface area contributed by atoms with Gasteiger partial charge in [0.1, 0.15) is 34.9 Å². The number of carbonyl (C=O) groups is 1. The molecule has 144 valence electrons. The molecule has 2 N–H and O–H groups in total. The smallest absolute Gasteiger partial charge is 0.246 e. The first-order valence-corrected chi connectivity index (χ1v) is 8.85. The van der Waals surface area contributed by atoms with Crippen molar-refractivity contribution in [2.45, 2.75) is 13.0 Å². The zero-order valence-corrected chi connectivity index (χ0v) is 15.6. The van der Waals surface area contributed by atoms with E-state index in [1.807, 2.05) is 12.1 Å². The Hall–Kier alpha value is -3.12. The van der Waals surface area contributed by atoms with Crippen LogP contribution >= 0.6 is 11.6 Å². The molecule has 3 aromatic rings. The van der Waals surface area contributed by atoms with Crippen molar-refractivity contribution in [3.63, 3.8) is 0 Å². The van der Waals surface area contributed by atoms with Gasteiger partial charge >= 0.3 is 0 Å². The summed E-state index contributed by atoms with van der Waals surface area (Å²) in [6, 6.07) is 16.6. The molecule has 0 spiro atoms. The van der Waals surface area contributed by atoms with Gasteiger partial charge in [0.2, 0.25) is 5.91 Å². The quantitative estimate of drug-likeness (QED) is 0.543. The lowest BCUT2D eigenvalue weighted by molar-refractivity contribution is -0.116. The van der Waals surface area contributed by atoms with Gasteiger partial charge in [-0.1, -0.05) is 29.8 Å². The van der Waals surface area contributed by atoms with Crippen LogP contribution in [0, 0.1) is 11.6 Å². The Morgan fingerprint density at radius 2 is 1.61 bits per heavy atom. The monoisotopic (exact) mass is 402 g/mol. The van der Waals surface area contributed by atoms with E-state index in [0.717, 1.165) is 12.1 Å². The molecule has 3 aromatic carbocycles. The van der Waals surface area contributed by atoms with Gasteiger partial charge in [0.15, 0.2) is 0 Å². The second-order valence-corrected chi connectivity index (χ2v) is 6.42. The van der Waals surface area contributed by atoms with E-state index >= 15 is 0 Å². The fourth-order valence-electron chi connectivity index (χ4n) is 2.44. The lowest BCUT2D eigenvalue weighted by Crippen LogP contribution is -2.32. The maximum absolute atomic E-state index is 13.7. The Balaban J connectivity index is 1.62. The van der Waals surface area contributed by atoms with Crippen molar-refractivity contribution in [2.75, 3.05) is 10.6 Å². The summed E-state index contributed by atoms with van der Waals surface area (Å²) < 4.78 is 33.0. The number of amides is 1. The third-order valence-corrected chi connectivity index (χ3v) is 4.22. The van der Waals surface area contributed by atoms with E-state index in [4.69, 9.17) is 16.3 Å². The number of benzene rings is 3. The van der Waals surface area contributed by atoms with E-state index in [2.05, 4.69) is 10.6 Å². The zero-order chi connectivity index (χ0) is 20.1. The third kappa shape index (κ3) is 4.78. The summed E-state index contributed by atoms with van der Waals surface area (Å²) in [4.78, 5) is 12.2. The second kappa shape index (κ2) is 8.71. The number of halogens is 3. The van der Waals surface area contributed by atoms with E-state index in [0.29, 0.717) is 22.2 Å². The lowest BCUT2D eigenvalue weighted by atomic mass is 10.2. The fraction of sp³-hybridized carbons (Fsp3) is 0.0952. The van der Waals surface area contributed by atoms with Crippen molar-refractivity contribution < 1.29 is 18.3 Å². The number of ether oxygens (including phenoxy) is 1. The van der Waals surface area contributed by atoms with Crippen molar-refractivity contribution >= 4 is 28.9 Å². The van der Waals surface area contributed by atoms with E-state index in [9.17, 15) is 13.6 Å². The molecule has 0 fully saturated rings. The van der Waals surface area contributed by atoms with Gasteiger partial charge in [-0.05, 0) is 55.5 Å². The van der Waals surface area contributed by atoms with E-state index in [1.54, 1.807) is 43.3 Å². The predicted molar refractivity (Wildman–Crippen MR) is 106 cm³/mol. The highest BCUT2D eigenvalue weighted by Crippen LogP contribution is 2.29. The molecular weight excluding hydrogens is 386 g/mol. The predicted octanol–water partition coefficient (Wildman–Crippen LogP) is 5.85. The van der Waals surface area contributed by atoms with Crippen LogP contribution in [-0.4, -0.2) is 11.9 Å². The van der Waals surface area contributed by atoms with Crippen LogP contribution in [0.25, 0.3) is 0 Å². The van der Waals surface area contributed by atoms with Gasteiger partial charge in [0.25, 0.3) is 0 Å². The third-order valence-electron chi connectivity index (χ3n) is 3.91. The second-order valence-electron chi connectivity index (χ2n) is 6.01. The fourth-order valence-corrected chi connectivity index (χ4v) is 2.61. The Labute approximate surface area is 166 Å². The van der Waals surface area contributed by atoms with Gasteiger partial charge in [-0.3, -0.25) is 4.79 Å². The van der Waals surface area contributed by atoms with E-state index in [1.165, 1.54) is 6.07 Å². The average molecular weight is 403 g/mol. The molecule has 7 heteroatoms. The van der Waals surface area contributed by atoms with E-state index in [-0.39, 0.29) is 0 Å². The van der Waals surface area contributed by atoms with Crippen LogP contribution in [0.5, 0.6) is 11.5 Å². The van der Waals surface area contributed by atoms with Gasteiger partial charge < -0.3 is 15.4 Å². The Bertz CT molecular complexity index is 960. The van der Waals surface area contributed by atoms with E-state index < -0.39 is 29.3 Å². The topological polar surface area (TPSA) is 50.4 Å². The molecule has 0 bridgehead atoms. The average Bonchev–Trinajstić information content (AvgIpc) is 2.68. The number of nitrogens with one attached hydrogen (secondary N) is 2. The van der Waals surface area contributed by atoms with Crippen LogP contribution in [0.2, 0.25) is 5.02 Å². The molecule has 3 rings (SSSR count). The number of carbonyl (C=O) groups excluding carboxylic acids is 1. The van der Waals surface area contributed by atoms with Crippen LogP contribution in [0.4, 0.5) is 20.2 Å². The molecule has 0 aliphatic heterocycles. The number of hydrogen-bond donors (Lipinski definition) is 2. The first-order valence-electron chi connectivity index (χ1n) is 8.48. The normalized spacial score (nSPS) is 11.6.